The van der Waals surface area contributed by atoms with Crippen LogP contribution in [0, 0.1) is 0 Å². The van der Waals surface area contributed by atoms with Gasteiger partial charge in [0.25, 0.3) is 0 Å². The van der Waals surface area contributed by atoms with Gasteiger partial charge in [-0.15, -0.1) is 0 Å². The van der Waals surface area contributed by atoms with Crippen molar-refractivity contribution in [2.24, 2.45) is 0 Å². The van der Waals surface area contributed by atoms with E-state index in [1.165, 1.54) is 4.90 Å². The van der Waals surface area contributed by atoms with Gasteiger partial charge >= 0.3 is 12.1 Å². The lowest BCUT2D eigenvalue weighted by molar-refractivity contribution is 0.0393. The second kappa shape index (κ2) is 8.69. The standard InChI is InChI=1S/C17H23N5O5/c1-18-16(23)22(5-4-21-6-8-26-9-7-21)15-13-10-12(11-19-17(24)25)2-3-14(13)27-20-15/h2-3,10,19H,4-9,11H2,1H3,(H,18,23)(H,24,25). The number of aromatic nitrogens is 1. The highest BCUT2D eigenvalue weighted by Crippen LogP contribution is 2.27. The summed E-state index contributed by atoms with van der Waals surface area (Å²) in [5, 5.41) is 18.5. The normalized spacial score (nSPS) is 14.9. The first kappa shape index (κ1) is 18.9. The molecule has 0 bridgehead atoms. The first-order valence-corrected chi connectivity index (χ1v) is 8.73. The highest BCUT2D eigenvalue weighted by Gasteiger charge is 2.23. The Balaban J connectivity index is 1.81. The number of anilines is 1. The fourth-order valence-corrected chi connectivity index (χ4v) is 2.96. The van der Waals surface area contributed by atoms with Crippen LogP contribution in [0.4, 0.5) is 15.4 Å². The lowest BCUT2D eigenvalue weighted by Crippen LogP contribution is -2.45. The van der Waals surface area contributed by atoms with Gasteiger partial charge in [-0.25, -0.2) is 9.59 Å². The molecule has 1 aliphatic heterocycles. The molecule has 0 aliphatic carbocycles. The zero-order valence-electron chi connectivity index (χ0n) is 15.1. The molecule has 3 N–H and O–H groups in total. The molecule has 2 aromatic rings. The van der Waals surface area contributed by atoms with Crippen LogP contribution in [0.25, 0.3) is 11.0 Å². The second-order valence-electron chi connectivity index (χ2n) is 6.16. The Bertz CT molecular complexity index is 802. The zero-order chi connectivity index (χ0) is 19.2. The number of urea groups is 1. The SMILES string of the molecule is CNC(=O)N(CCN1CCOCC1)c1noc2ccc(CNC(=O)O)cc12. The molecule has 0 saturated carbocycles. The number of rotatable bonds is 6. The Labute approximate surface area is 156 Å². The second-order valence-corrected chi connectivity index (χ2v) is 6.16. The van der Waals surface area contributed by atoms with Crippen LogP contribution >= 0.6 is 0 Å². The van der Waals surface area contributed by atoms with E-state index in [-0.39, 0.29) is 12.6 Å². The van der Waals surface area contributed by atoms with Gasteiger partial charge in [0.2, 0.25) is 0 Å². The third-order valence-electron chi connectivity index (χ3n) is 4.42. The number of fused-ring (bicyclic) bond motifs is 1. The van der Waals surface area contributed by atoms with E-state index in [4.69, 9.17) is 14.4 Å². The molecule has 2 heterocycles. The average Bonchev–Trinajstić information content (AvgIpc) is 3.10. The van der Waals surface area contributed by atoms with Gasteiger partial charge < -0.3 is 25.0 Å². The molecule has 1 aliphatic rings. The van der Waals surface area contributed by atoms with Gasteiger partial charge in [0.1, 0.15) is 0 Å². The number of hydrogen-bond donors (Lipinski definition) is 3. The van der Waals surface area contributed by atoms with Gasteiger partial charge in [-0.05, 0) is 17.7 Å². The number of benzene rings is 1. The zero-order valence-corrected chi connectivity index (χ0v) is 15.1. The Hall–Kier alpha value is -2.85. The summed E-state index contributed by atoms with van der Waals surface area (Å²) in [6.45, 7) is 4.31. The predicted octanol–water partition coefficient (Wildman–Crippen LogP) is 1.07. The minimum atomic E-state index is -1.10. The van der Waals surface area contributed by atoms with Crippen LogP contribution in [0.1, 0.15) is 5.56 Å². The van der Waals surface area contributed by atoms with Crippen molar-refractivity contribution in [2.75, 3.05) is 51.3 Å². The van der Waals surface area contributed by atoms with Crippen molar-refractivity contribution in [3.05, 3.63) is 23.8 Å². The van der Waals surface area contributed by atoms with Crippen LogP contribution < -0.4 is 15.5 Å². The van der Waals surface area contributed by atoms with E-state index >= 15 is 0 Å². The first-order valence-electron chi connectivity index (χ1n) is 8.73. The quantitative estimate of drug-likeness (QED) is 0.689. The summed E-state index contributed by atoms with van der Waals surface area (Å²) < 4.78 is 10.7. The molecule has 3 amide bonds. The molecular formula is C17H23N5O5. The van der Waals surface area contributed by atoms with Crippen molar-refractivity contribution >= 4 is 28.9 Å². The van der Waals surface area contributed by atoms with Crippen LogP contribution in [-0.2, 0) is 11.3 Å². The van der Waals surface area contributed by atoms with Gasteiger partial charge in [0.15, 0.2) is 11.4 Å². The Kier molecular flexibility index (Phi) is 6.09. The highest BCUT2D eigenvalue weighted by molar-refractivity contribution is 6.00. The summed E-state index contributed by atoms with van der Waals surface area (Å²) in [5.41, 5.74) is 1.28. The minimum absolute atomic E-state index is 0.156. The molecule has 1 aromatic carbocycles. The van der Waals surface area contributed by atoms with Gasteiger partial charge in [-0.2, -0.15) is 0 Å². The number of nitrogens with one attached hydrogen (secondary N) is 2. The van der Waals surface area contributed by atoms with Crippen molar-refractivity contribution in [2.45, 2.75) is 6.54 Å². The van der Waals surface area contributed by atoms with Crippen molar-refractivity contribution in [3.63, 3.8) is 0 Å². The van der Waals surface area contributed by atoms with E-state index in [1.807, 2.05) is 0 Å². The van der Waals surface area contributed by atoms with Crippen molar-refractivity contribution in [1.29, 1.82) is 0 Å². The van der Waals surface area contributed by atoms with Crippen LogP contribution in [0.5, 0.6) is 0 Å². The Morgan fingerprint density at radius 3 is 2.81 bits per heavy atom. The minimum Gasteiger partial charge on any atom is -0.465 e. The molecule has 0 radical (unpaired) electrons. The summed E-state index contributed by atoms with van der Waals surface area (Å²) in [7, 11) is 1.56. The van der Waals surface area contributed by atoms with Crippen molar-refractivity contribution in [1.82, 2.24) is 20.7 Å². The van der Waals surface area contributed by atoms with E-state index in [0.717, 1.165) is 18.7 Å². The average molecular weight is 377 g/mol. The maximum absolute atomic E-state index is 12.4. The van der Waals surface area contributed by atoms with Gasteiger partial charge in [0.05, 0.1) is 18.6 Å². The Morgan fingerprint density at radius 2 is 2.11 bits per heavy atom. The van der Waals surface area contributed by atoms with Crippen molar-refractivity contribution < 1.29 is 24.0 Å². The molecule has 27 heavy (non-hydrogen) atoms. The molecule has 1 saturated heterocycles. The summed E-state index contributed by atoms with van der Waals surface area (Å²) in [4.78, 5) is 26.9. The fourth-order valence-electron chi connectivity index (χ4n) is 2.96. The molecule has 10 nitrogen and oxygen atoms in total. The van der Waals surface area contributed by atoms with E-state index in [0.29, 0.717) is 43.1 Å². The summed E-state index contributed by atoms with van der Waals surface area (Å²) in [6.07, 6.45) is -1.10. The number of hydrogen-bond acceptors (Lipinski definition) is 6. The van der Waals surface area contributed by atoms with E-state index < -0.39 is 6.09 Å². The summed E-state index contributed by atoms with van der Waals surface area (Å²) in [6, 6.07) is 4.97. The summed E-state index contributed by atoms with van der Waals surface area (Å²) >= 11 is 0. The van der Waals surface area contributed by atoms with E-state index in [9.17, 15) is 9.59 Å². The smallest absolute Gasteiger partial charge is 0.404 e. The Morgan fingerprint density at radius 1 is 1.33 bits per heavy atom. The lowest BCUT2D eigenvalue weighted by atomic mass is 10.1. The number of carbonyl (C=O) groups is 2. The van der Waals surface area contributed by atoms with Gasteiger partial charge in [-0.1, -0.05) is 11.2 Å². The first-order chi connectivity index (χ1) is 13.1. The molecular weight excluding hydrogens is 354 g/mol. The number of carboxylic acid groups (broad SMARTS) is 1. The number of amides is 3. The molecule has 0 spiro atoms. The molecule has 1 fully saturated rings. The topological polar surface area (TPSA) is 120 Å². The van der Waals surface area contributed by atoms with Gasteiger partial charge in [-0.3, -0.25) is 9.80 Å². The van der Waals surface area contributed by atoms with Crippen LogP contribution in [0.3, 0.4) is 0 Å². The molecule has 3 rings (SSSR count). The fraction of sp³-hybridized carbons (Fsp3) is 0.471. The van der Waals surface area contributed by atoms with Crippen molar-refractivity contribution in [3.8, 4) is 0 Å². The van der Waals surface area contributed by atoms with Crippen LogP contribution in [-0.4, -0.2) is 73.7 Å². The van der Waals surface area contributed by atoms with Crippen LogP contribution in [0.15, 0.2) is 22.7 Å². The highest BCUT2D eigenvalue weighted by atomic mass is 16.5. The molecule has 146 valence electrons. The molecule has 10 heteroatoms. The number of nitrogens with zero attached hydrogens (tertiary/aromatic N) is 3. The molecule has 0 atom stereocenters. The molecule has 1 aromatic heterocycles. The number of carbonyl (C=O) groups excluding carboxylic acids is 1. The van der Waals surface area contributed by atoms with Crippen LogP contribution in [0.2, 0.25) is 0 Å². The lowest BCUT2D eigenvalue weighted by Gasteiger charge is -2.29. The van der Waals surface area contributed by atoms with E-state index in [1.54, 1.807) is 25.2 Å². The maximum Gasteiger partial charge on any atom is 0.404 e. The monoisotopic (exact) mass is 377 g/mol. The third kappa shape index (κ3) is 4.66. The van der Waals surface area contributed by atoms with E-state index in [2.05, 4.69) is 20.7 Å². The number of morpholine rings is 1. The molecule has 0 unspecified atom stereocenters. The maximum atomic E-state index is 12.4. The number of ether oxygens (including phenoxy) is 1. The predicted molar refractivity (Wildman–Crippen MR) is 97.9 cm³/mol. The summed E-state index contributed by atoms with van der Waals surface area (Å²) in [5.74, 6) is 0.412. The van der Waals surface area contributed by atoms with Gasteiger partial charge in [0, 0.05) is 39.8 Å². The largest absolute Gasteiger partial charge is 0.465 e. The third-order valence-corrected chi connectivity index (χ3v) is 4.42.